The molecule has 1 aliphatic heterocycles. The zero-order chi connectivity index (χ0) is 21.2. The first-order valence-electron chi connectivity index (χ1n) is 10.3. The first kappa shape index (κ1) is 21.3. The van der Waals surface area contributed by atoms with Crippen LogP contribution in [0.2, 0.25) is 0 Å². The van der Waals surface area contributed by atoms with Gasteiger partial charge in [0.1, 0.15) is 0 Å². The summed E-state index contributed by atoms with van der Waals surface area (Å²) in [4.78, 5) is 26.7. The molecule has 1 heterocycles. The average Bonchev–Trinajstić information content (AvgIpc) is 2.66. The number of benzene rings is 2. The van der Waals surface area contributed by atoms with Gasteiger partial charge < -0.3 is 4.74 Å². The Kier molecular flexibility index (Phi) is 6.23. The normalized spacial score (nSPS) is 16.7. The highest BCUT2D eigenvalue weighted by Crippen LogP contribution is 2.39. The molecule has 4 nitrogen and oxygen atoms in total. The van der Waals surface area contributed by atoms with Gasteiger partial charge in [-0.3, -0.25) is 9.69 Å². The van der Waals surface area contributed by atoms with Gasteiger partial charge in [0.25, 0.3) is 0 Å². The average molecular weight is 394 g/mol. The van der Waals surface area contributed by atoms with Crippen molar-refractivity contribution in [2.75, 3.05) is 19.7 Å². The Balaban J connectivity index is 1.74. The van der Waals surface area contributed by atoms with Crippen molar-refractivity contribution < 1.29 is 14.3 Å². The summed E-state index contributed by atoms with van der Waals surface area (Å²) >= 11 is 0. The molecule has 0 spiro atoms. The molecule has 0 aliphatic carbocycles. The summed E-state index contributed by atoms with van der Waals surface area (Å²) < 4.78 is 5.13. The molecule has 29 heavy (non-hydrogen) atoms. The first-order valence-corrected chi connectivity index (χ1v) is 10.3. The van der Waals surface area contributed by atoms with E-state index in [9.17, 15) is 9.59 Å². The summed E-state index contributed by atoms with van der Waals surface area (Å²) in [6.07, 6.45) is 0.770. The van der Waals surface area contributed by atoms with Crippen LogP contribution in [0.4, 0.5) is 0 Å². The van der Waals surface area contributed by atoms with Gasteiger partial charge >= 0.3 is 5.97 Å². The Morgan fingerprint density at radius 2 is 1.79 bits per heavy atom. The number of aryl methyl sites for hydroxylation is 1. The fraction of sp³-hybridized carbons (Fsp3) is 0.440. The molecule has 0 aromatic heterocycles. The molecular formula is C25H31NO3. The topological polar surface area (TPSA) is 46.6 Å². The number of ether oxygens (including phenoxy) is 1. The highest BCUT2D eigenvalue weighted by Gasteiger charge is 2.41. The molecule has 1 atom stereocenters. The van der Waals surface area contributed by atoms with Gasteiger partial charge in [0.05, 0.1) is 12.2 Å². The van der Waals surface area contributed by atoms with E-state index < -0.39 is 0 Å². The van der Waals surface area contributed by atoms with Gasteiger partial charge in [0.15, 0.2) is 5.78 Å². The molecule has 0 radical (unpaired) electrons. The lowest BCUT2D eigenvalue weighted by Gasteiger charge is -2.51. The van der Waals surface area contributed by atoms with Gasteiger partial charge in [-0.2, -0.15) is 0 Å². The summed E-state index contributed by atoms with van der Waals surface area (Å²) in [5.41, 5.74) is 4.83. The monoisotopic (exact) mass is 393 g/mol. The van der Waals surface area contributed by atoms with E-state index in [1.54, 1.807) is 26.0 Å². The molecule has 3 rings (SSSR count). The number of nitrogens with zero attached hydrogens (tertiary/aromatic N) is 1. The van der Waals surface area contributed by atoms with E-state index in [2.05, 4.69) is 49.9 Å². The van der Waals surface area contributed by atoms with E-state index >= 15 is 0 Å². The minimum absolute atomic E-state index is 0.0308. The van der Waals surface area contributed by atoms with E-state index in [4.69, 9.17) is 4.74 Å². The van der Waals surface area contributed by atoms with Gasteiger partial charge in [-0.25, -0.2) is 4.79 Å². The number of Topliss-reactive ketones (excluding diaryl/α,β-unsaturated/α-hetero) is 1. The Morgan fingerprint density at radius 1 is 1.14 bits per heavy atom. The predicted octanol–water partition coefficient (Wildman–Crippen LogP) is 5.00. The fourth-order valence-corrected chi connectivity index (χ4v) is 4.26. The molecule has 1 unspecified atom stereocenters. The lowest BCUT2D eigenvalue weighted by atomic mass is 9.74. The second-order valence-electron chi connectivity index (χ2n) is 8.63. The van der Waals surface area contributed by atoms with Crippen molar-refractivity contribution in [3.8, 4) is 0 Å². The Labute approximate surface area is 173 Å². The van der Waals surface area contributed by atoms with Crippen LogP contribution in [0.25, 0.3) is 0 Å². The maximum absolute atomic E-state index is 12.1. The van der Waals surface area contributed by atoms with Crippen LogP contribution in [0.5, 0.6) is 0 Å². The molecule has 0 amide bonds. The first-order chi connectivity index (χ1) is 13.7. The fourth-order valence-electron chi connectivity index (χ4n) is 4.26. The minimum atomic E-state index is -0.336. The number of hydrogen-bond acceptors (Lipinski definition) is 4. The molecule has 2 aromatic carbocycles. The lowest BCUT2D eigenvalue weighted by molar-refractivity contribution is -0.0142. The Bertz CT molecular complexity index is 895. The molecule has 1 aliphatic rings. The third-order valence-electron chi connectivity index (χ3n) is 5.89. The summed E-state index contributed by atoms with van der Waals surface area (Å²) in [5, 5.41) is 0. The molecule has 1 saturated heterocycles. The predicted molar refractivity (Wildman–Crippen MR) is 115 cm³/mol. The molecule has 4 heteroatoms. The second kappa shape index (κ2) is 8.50. The van der Waals surface area contributed by atoms with E-state index in [0.717, 1.165) is 25.1 Å². The van der Waals surface area contributed by atoms with Crippen molar-refractivity contribution in [2.24, 2.45) is 5.41 Å². The lowest BCUT2D eigenvalue weighted by Crippen LogP contribution is -2.56. The summed E-state index contributed by atoms with van der Waals surface area (Å²) in [6, 6.07) is 14.4. The van der Waals surface area contributed by atoms with Crippen LogP contribution < -0.4 is 0 Å². The second-order valence-corrected chi connectivity index (χ2v) is 8.63. The van der Waals surface area contributed by atoms with Crippen LogP contribution in [0, 0.1) is 12.3 Å². The van der Waals surface area contributed by atoms with Crippen LogP contribution in [0.15, 0.2) is 42.5 Å². The molecule has 2 aromatic rings. The van der Waals surface area contributed by atoms with Crippen LogP contribution in [0.3, 0.4) is 0 Å². The smallest absolute Gasteiger partial charge is 0.338 e. The zero-order valence-corrected chi connectivity index (χ0v) is 18.1. The van der Waals surface area contributed by atoms with Gasteiger partial charge in [-0.1, -0.05) is 42.8 Å². The van der Waals surface area contributed by atoms with Gasteiger partial charge in [0, 0.05) is 24.7 Å². The highest BCUT2D eigenvalue weighted by molar-refractivity contribution is 5.97. The van der Waals surface area contributed by atoms with Crippen molar-refractivity contribution in [2.45, 2.75) is 47.1 Å². The van der Waals surface area contributed by atoms with E-state index in [1.807, 2.05) is 6.07 Å². The highest BCUT2D eigenvalue weighted by atomic mass is 16.5. The van der Waals surface area contributed by atoms with Crippen molar-refractivity contribution in [3.63, 3.8) is 0 Å². The summed E-state index contributed by atoms with van der Waals surface area (Å²) in [7, 11) is 0. The number of carbonyl (C=O) groups excluding carboxylic acids is 2. The van der Waals surface area contributed by atoms with E-state index in [1.165, 1.54) is 11.1 Å². The van der Waals surface area contributed by atoms with E-state index in [-0.39, 0.29) is 17.2 Å². The quantitative estimate of drug-likeness (QED) is 0.491. The summed E-state index contributed by atoms with van der Waals surface area (Å²) in [5.74, 6) is -0.305. The SMILES string of the molecule is CCOC(=O)c1ccc(C(C)=O)c(CC2(C)CN(C(C)c3ccc(C)cc3)C2)c1. The molecule has 0 bridgehead atoms. The van der Waals surface area contributed by atoms with Crippen molar-refractivity contribution in [3.05, 3.63) is 70.3 Å². The number of esters is 1. The number of ketones is 1. The molecular weight excluding hydrogens is 362 g/mol. The number of hydrogen-bond donors (Lipinski definition) is 0. The molecule has 154 valence electrons. The number of carbonyl (C=O) groups is 2. The third-order valence-corrected chi connectivity index (χ3v) is 5.89. The van der Waals surface area contributed by atoms with Gasteiger partial charge in [-0.05, 0) is 62.8 Å². The summed E-state index contributed by atoms with van der Waals surface area (Å²) in [6.45, 7) is 12.2. The van der Waals surface area contributed by atoms with Crippen molar-refractivity contribution >= 4 is 11.8 Å². The van der Waals surface area contributed by atoms with Crippen LogP contribution in [0.1, 0.15) is 71.1 Å². The molecule has 0 N–H and O–H groups in total. The van der Waals surface area contributed by atoms with Gasteiger partial charge in [-0.15, -0.1) is 0 Å². The van der Waals surface area contributed by atoms with Crippen LogP contribution >= 0.6 is 0 Å². The van der Waals surface area contributed by atoms with Crippen LogP contribution in [-0.4, -0.2) is 36.3 Å². The number of likely N-dealkylation sites (tertiary alicyclic amines) is 1. The van der Waals surface area contributed by atoms with Gasteiger partial charge in [0.2, 0.25) is 0 Å². The Morgan fingerprint density at radius 3 is 2.38 bits per heavy atom. The molecule has 0 saturated carbocycles. The largest absolute Gasteiger partial charge is 0.462 e. The standard InChI is InChI=1S/C25H31NO3/c1-6-29-24(28)21-11-12-23(19(4)27)22(13-21)14-25(5)15-26(16-25)18(3)20-9-7-17(2)8-10-20/h7-13,18H,6,14-16H2,1-5H3. The maximum atomic E-state index is 12.1. The van der Waals surface area contributed by atoms with Crippen molar-refractivity contribution in [1.82, 2.24) is 4.90 Å². The zero-order valence-electron chi connectivity index (χ0n) is 18.1. The van der Waals surface area contributed by atoms with Crippen LogP contribution in [-0.2, 0) is 11.2 Å². The van der Waals surface area contributed by atoms with Crippen molar-refractivity contribution in [1.29, 1.82) is 0 Å². The Hall–Kier alpha value is -2.46. The van der Waals surface area contributed by atoms with E-state index in [0.29, 0.717) is 23.8 Å². The minimum Gasteiger partial charge on any atom is -0.462 e. The maximum Gasteiger partial charge on any atom is 0.338 e. The molecule has 1 fully saturated rings. The third kappa shape index (κ3) is 4.76. The number of rotatable bonds is 7.